The molecule has 0 radical (unpaired) electrons. The molecule has 1 aromatic carbocycles. The SMILES string of the molecule is COc1cccc(N2CCC(NC(=O)C3CC34CCNCC4)C2)c1.Cl.Cl. The topological polar surface area (TPSA) is 53.6 Å². The van der Waals surface area contributed by atoms with Crippen molar-refractivity contribution in [1.29, 1.82) is 0 Å². The zero-order chi connectivity index (χ0) is 16.6. The van der Waals surface area contributed by atoms with Gasteiger partial charge in [-0.25, -0.2) is 0 Å². The lowest BCUT2D eigenvalue weighted by Crippen LogP contribution is -2.40. The van der Waals surface area contributed by atoms with Gasteiger partial charge in [-0.15, -0.1) is 24.8 Å². The van der Waals surface area contributed by atoms with Crippen LogP contribution in [0.15, 0.2) is 24.3 Å². The van der Waals surface area contributed by atoms with Crippen molar-refractivity contribution in [2.45, 2.75) is 31.7 Å². The first-order chi connectivity index (χ1) is 11.7. The average molecular weight is 402 g/mol. The second kappa shape index (κ2) is 8.68. The van der Waals surface area contributed by atoms with Gasteiger partial charge in [0.25, 0.3) is 0 Å². The summed E-state index contributed by atoms with van der Waals surface area (Å²) in [5.41, 5.74) is 1.49. The molecule has 2 unspecified atom stereocenters. The van der Waals surface area contributed by atoms with E-state index >= 15 is 0 Å². The average Bonchev–Trinajstić information content (AvgIpc) is 3.10. The number of carbonyl (C=O) groups excluding carboxylic acids is 1. The van der Waals surface area contributed by atoms with Crippen LogP contribution in [0.4, 0.5) is 5.69 Å². The molecule has 0 aromatic heterocycles. The molecule has 5 nitrogen and oxygen atoms in total. The van der Waals surface area contributed by atoms with E-state index in [2.05, 4.69) is 27.7 Å². The highest BCUT2D eigenvalue weighted by molar-refractivity contribution is 5.85. The van der Waals surface area contributed by atoms with Crippen molar-refractivity contribution >= 4 is 36.4 Å². The van der Waals surface area contributed by atoms with Crippen LogP contribution in [0.25, 0.3) is 0 Å². The minimum atomic E-state index is 0. The molecule has 4 rings (SSSR count). The molecule has 1 aromatic rings. The summed E-state index contributed by atoms with van der Waals surface area (Å²) in [6.07, 6.45) is 4.43. The Kier molecular flexibility index (Phi) is 7.05. The number of halogens is 2. The number of anilines is 1. The van der Waals surface area contributed by atoms with Crippen LogP contribution in [0, 0.1) is 11.3 Å². The van der Waals surface area contributed by atoms with Gasteiger partial charge in [-0.05, 0) is 56.3 Å². The van der Waals surface area contributed by atoms with Crippen LogP contribution in [0.5, 0.6) is 5.75 Å². The highest BCUT2D eigenvalue weighted by Gasteiger charge is 2.57. The number of nitrogens with zero attached hydrogens (tertiary/aromatic N) is 1. The van der Waals surface area contributed by atoms with Gasteiger partial charge in [0, 0.05) is 36.8 Å². The van der Waals surface area contributed by atoms with Gasteiger partial charge in [-0.2, -0.15) is 0 Å². The van der Waals surface area contributed by atoms with E-state index in [0.29, 0.717) is 5.41 Å². The van der Waals surface area contributed by atoms with Crippen molar-refractivity contribution in [3.63, 3.8) is 0 Å². The number of rotatable bonds is 4. The molecular formula is C19H29Cl2N3O2. The van der Waals surface area contributed by atoms with Gasteiger partial charge in [0.15, 0.2) is 0 Å². The molecule has 2 N–H and O–H groups in total. The molecule has 2 atom stereocenters. The summed E-state index contributed by atoms with van der Waals surface area (Å²) in [5, 5.41) is 6.71. The van der Waals surface area contributed by atoms with Crippen molar-refractivity contribution in [1.82, 2.24) is 10.6 Å². The Bertz CT molecular complexity index is 623. The quantitative estimate of drug-likeness (QED) is 0.813. The van der Waals surface area contributed by atoms with E-state index in [9.17, 15) is 4.79 Å². The molecular weight excluding hydrogens is 373 g/mol. The van der Waals surface area contributed by atoms with Gasteiger partial charge >= 0.3 is 0 Å². The number of piperidine rings is 1. The first-order valence-corrected chi connectivity index (χ1v) is 9.10. The molecule has 3 fully saturated rings. The Balaban J connectivity index is 0.00000121. The van der Waals surface area contributed by atoms with Crippen molar-refractivity contribution < 1.29 is 9.53 Å². The molecule has 0 bridgehead atoms. The van der Waals surface area contributed by atoms with Gasteiger partial charge in [-0.3, -0.25) is 4.79 Å². The van der Waals surface area contributed by atoms with Gasteiger partial charge in [0.1, 0.15) is 5.75 Å². The van der Waals surface area contributed by atoms with E-state index in [4.69, 9.17) is 4.74 Å². The maximum atomic E-state index is 12.6. The summed E-state index contributed by atoms with van der Waals surface area (Å²) in [6, 6.07) is 8.42. The van der Waals surface area contributed by atoms with E-state index in [0.717, 1.165) is 57.6 Å². The number of hydrogen-bond donors (Lipinski definition) is 2. The molecule has 2 aliphatic heterocycles. The van der Waals surface area contributed by atoms with Gasteiger partial charge < -0.3 is 20.3 Å². The van der Waals surface area contributed by atoms with Crippen LogP contribution in [0.2, 0.25) is 0 Å². The van der Waals surface area contributed by atoms with Crippen LogP contribution in [-0.2, 0) is 4.79 Å². The zero-order valence-electron chi connectivity index (χ0n) is 15.2. The summed E-state index contributed by atoms with van der Waals surface area (Å²) in [4.78, 5) is 14.9. The van der Waals surface area contributed by atoms with Crippen molar-refractivity contribution in [2.75, 3.05) is 38.2 Å². The van der Waals surface area contributed by atoms with Crippen LogP contribution in [0.3, 0.4) is 0 Å². The number of benzene rings is 1. The monoisotopic (exact) mass is 401 g/mol. The first-order valence-electron chi connectivity index (χ1n) is 9.10. The summed E-state index contributed by atoms with van der Waals surface area (Å²) in [6.45, 7) is 4.01. The number of nitrogens with one attached hydrogen (secondary N) is 2. The second-order valence-electron chi connectivity index (χ2n) is 7.51. The number of hydrogen-bond acceptors (Lipinski definition) is 4. The molecule has 26 heavy (non-hydrogen) atoms. The predicted molar refractivity (Wildman–Crippen MR) is 109 cm³/mol. The normalized spacial score (nSPS) is 25.8. The highest BCUT2D eigenvalue weighted by Crippen LogP contribution is 2.58. The third-order valence-electron chi connectivity index (χ3n) is 6.06. The Labute approximate surface area is 168 Å². The third-order valence-corrected chi connectivity index (χ3v) is 6.06. The van der Waals surface area contributed by atoms with Crippen LogP contribution in [-0.4, -0.2) is 45.2 Å². The first kappa shape index (κ1) is 21.1. The Morgan fingerprint density at radius 2 is 2.08 bits per heavy atom. The fraction of sp³-hybridized carbons (Fsp3) is 0.632. The Hall–Kier alpha value is -1.17. The number of amides is 1. The van der Waals surface area contributed by atoms with Crippen molar-refractivity contribution in [3.8, 4) is 5.75 Å². The van der Waals surface area contributed by atoms with Crippen molar-refractivity contribution in [3.05, 3.63) is 24.3 Å². The second-order valence-corrected chi connectivity index (χ2v) is 7.51. The van der Waals surface area contributed by atoms with E-state index in [1.807, 2.05) is 12.1 Å². The maximum absolute atomic E-state index is 12.6. The maximum Gasteiger partial charge on any atom is 0.223 e. The molecule has 1 aliphatic carbocycles. The zero-order valence-corrected chi connectivity index (χ0v) is 16.8. The minimum Gasteiger partial charge on any atom is -0.497 e. The predicted octanol–water partition coefficient (Wildman–Crippen LogP) is 2.62. The van der Waals surface area contributed by atoms with E-state index in [1.165, 1.54) is 5.69 Å². The molecule has 1 spiro atoms. The molecule has 2 saturated heterocycles. The Morgan fingerprint density at radius 3 is 2.81 bits per heavy atom. The largest absolute Gasteiger partial charge is 0.497 e. The molecule has 3 aliphatic rings. The summed E-state index contributed by atoms with van der Waals surface area (Å²) in [5.74, 6) is 1.42. The van der Waals surface area contributed by atoms with E-state index in [1.54, 1.807) is 7.11 Å². The molecule has 7 heteroatoms. The van der Waals surface area contributed by atoms with E-state index in [-0.39, 0.29) is 42.7 Å². The summed E-state index contributed by atoms with van der Waals surface area (Å²) >= 11 is 0. The van der Waals surface area contributed by atoms with Crippen LogP contribution < -0.4 is 20.3 Å². The smallest absolute Gasteiger partial charge is 0.223 e. The van der Waals surface area contributed by atoms with Gasteiger partial charge in [-0.1, -0.05) is 6.07 Å². The van der Waals surface area contributed by atoms with Crippen LogP contribution >= 0.6 is 24.8 Å². The van der Waals surface area contributed by atoms with Crippen LogP contribution in [0.1, 0.15) is 25.7 Å². The highest BCUT2D eigenvalue weighted by atomic mass is 35.5. The molecule has 146 valence electrons. The molecule has 2 heterocycles. The number of carbonyl (C=O) groups is 1. The fourth-order valence-electron chi connectivity index (χ4n) is 4.42. The molecule has 1 saturated carbocycles. The third kappa shape index (κ3) is 4.21. The Morgan fingerprint density at radius 1 is 1.31 bits per heavy atom. The van der Waals surface area contributed by atoms with Crippen molar-refractivity contribution in [2.24, 2.45) is 11.3 Å². The lowest BCUT2D eigenvalue weighted by Gasteiger charge is -2.24. The fourth-order valence-corrected chi connectivity index (χ4v) is 4.42. The van der Waals surface area contributed by atoms with E-state index < -0.39 is 0 Å². The number of ether oxygens (including phenoxy) is 1. The standard InChI is InChI=1S/C19H27N3O2.2ClH/c1-24-16-4-2-3-15(11-16)22-10-5-14(13-22)21-18(23)17-12-19(17)6-8-20-9-7-19;;/h2-4,11,14,17,20H,5-10,12-13H2,1H3,(H,21,23);2*1H. The lowest BCUT2D eigenvalue weighted by atomic mass is 9.91. The minimum absolute atomic E-state index is 0. The summed E-state index contributed by atoms with van der Waals surface area (Å²) in [7, 11) is 1.69. The summed E-state index contributed by atoms with van der Waals surface area (Å²) < 4.78 is 5.31. The number of methoxy groups -OCH3 is 1. The lowest BCUT2D eigenvalue weighted by molar-refractivity contribution is -0.123. The van der Waals surface area contributed by atoms with Gasteiger partial charge in [0.2, 0.25) is 5.91 Å². The molecule has 1 amide bonds. The van der Waals surface area contributed by atoms with Gasteiger partial charge in [0.05, 0.1) is 7.11 Å².